The number of ether oxygens (including phenoxy) is 1. The summed E-state index contributed by atoms with van der Waals surface area (Å²) in [6.07, 6.45) is 12.7. The van der Waals surface area contributed by atoms with Gasteiger partial charge in [0.2, 0.25) is 0 Å². The standard InChI is InChI=1S/C48H71ClN2O5/c1-30(2)41-36(52)26-48(23-25-51(29-33-10-9-24-50-33)28-31-11-13-32(49)14-12-31)22-17-35-34(42(41)48)15-16-38-46(35,7)20-18-37-45(5,6)39(19-21-47(37,38)8)56-40(53)27-44(3,4)43(54)55/h11-14,30,33-35,37-39,50H,9-10,15-29H2,1-8H3,(H,54,55). The number of nitrogens with zero attached hydrogens (tertiary/aromatic N) is 1. The van der Waals surface area contributed by atoms with Crippen LogP contribution in [-0.4, -0.2) is 59.5 Å². The average Bonchev–Trinajstić information content (AvgIpc) is 3.74. The number of hydrogen-bond donors (Lipinski definition) is 2. The molecule has 310 valence electrons. The lowest BCUT2D eigenvalue weighted by Gasteiger charge is -2.69. The number of nitrogens with one attached hydrogen (secondary N) is 1. The van der Waals surface area contributed by atoms with E-state index in [2.05, 4.69) is 63.9 Å². The molecule has 0 spiro atoms. The van der Waals surface area contributed by atoms with Gasteiger partial charge in [0.25, 0.3) is 0 Å². The third-order valence-electron chi connectivity index (χ3n) is 17.0. The number of fused-ring (bicyclic) bond motifs is 7. The highest BCUT2D eigenvalue weighted by Gasteiger charge is 2.66. The number of halogens is 1. The van der Waals surface area contributed by atoms with E-state index in [-0.39, 0.29) is 40.1 Å². The third kappa shape index (κ3) is 7.46. The van der Waals surface area contributed by atoms with Crippen LogP contribution in [0.3, 0.4) is 0 Å². The van der Waals surface area contributed by atoms with Crippen molar-refractivity contribution in [2.75, 3.05) is 19.6 Å². The highest BCUT2D eigenvalue weighted by molar-refractivity contribution is 6.30. The quantitative estimate of drug-likeness (QED) is 0.204. The highest BCUT2D eigenvalue weighted by Crippen LogP contribution is 2.73. The molecule has 9 unspecified atom stereocenters. The van der Waals surface area contributed by atoms with Crippen LogP contribution in [0.2, 0.25) is 5.02 Å². The lowest BCUT2D eigenvalue weighted by molar-refractivity contribution is -0.214. The van der Waals surface area contributed by atoms with Crippen LogP contribution in [0.1, 0.15) is 144 Å². The van der Waals surface area contributed by atoms with Crippen molar-refractivity contribution in [1.82, 2.24) is 10.2 Å². The van der Waals surface area contributed by atoms with Crippen molar-refractivity contribution in [2.45, 2.75) is 158 Å². The SMILES string of the molecule is CC(C)C1=C2C3CCC4C(C)(CCC5C(C)(C)C(OC(=O)CC(C)(C)C(=O)O)CCC54C)C3CCC2(CCN(Cc2ccc(Cl)cc2)CC2CCCN2)CC1=O. The van der Waals surface area contributed by atoms with Crippen LogP contribution >= 0.6 is 11.6 Å². The van der Waals surface area contributed by atoms with Crippen LogP contribution in [0.5, 0.6) is 0 Å². The Labute approximate surface area is 342 Å². The molecular weight excluding hydrogens is 720 g/mol. The number of allylic oxidation sites excluding steroid dienone is 2. The molecule has 1 heterocycles. The Balaban J connectivity index is 1.12. The van der Waals surface area contributed by atoms with Crippen LogP contribution in [0.25, 0.3) is 0 Å². The predicted octanol–water partition coefficient (Wildman–Crippen LogP) is 10.3. The smallest absolute Gasteiger partial charge is 0.309 e. The first kappa shape index (κ1) is 41.9. The number of carboxylic acids is 1. The molecule has 0 radical (unpaired) electrons. The van der Waals surface area contributed by atoms with E-state index >= 15 is 0 Å². The van der Waals surface area contributed by atoms with E-state index in [4.69, 9.17) is 16.3 Å². The summed E-state index contributed by atoms with van der Waals surface area (Å²) in [6, 6.07) is 8.86. The minimum atomic E-state index is -1.15. The Morgan fingerprint density at radius 2 is 1.68 bits per heavy atom. The average molecular weight is 792 g/mol. The summed E-state index contributed by atoms with van der Waals surface area (Å²) in [6.45, 7) is 21.5. The molecule has 6 aliphatic rings. The van der Waals surface area contributed by atoms with Crippen LogP contribution in [0.15, 0.2) is 35.4 Å². The number of rotatable bonds is 12. The van der Waals surface area contributed by atoms with Gasteiger partial charge in [0, 0.05) is 41.4 Å². The summed E-state index contributed by atoms with van der Waals surface area (Å²) in [5, 5.41) is 14.2. The molecule has 7 nitrogen and oxygen atoms in total. The van der Waals surface area contributed by atoms with E-state index in [0.29, 0.717) is 41.9 Å². The van der Waals surface area contributed by atoms with Crippen molar-refractivity contribution in [3.63, 3.8) is 0 Å². The fourth-order valence-corrected chi connectivity index (χ4v) is 14.4. The van der Waals surface area contributed by atoms with Gasteiger partial charge in [0.05, 0.1) is 11.8 Å². The lowest BCUT2D eigenvalue weighted by Crippen LogP contribution is -2.63. The van der Waals surface area contributed by atoms with E-state index in [1.807, 2.05) is 12.1 Å². The number of aliphatic carboxylic acids is 1. The van der Waals surface area contributed by atoms with Gasteiger partial charge in [-0.2, -0.15) is 0 Å². The van der Waals surface area contributed by atoms with E-state index in [9.17, 15) is 19.5 Å². The Bertz CT molecular complexity index is 1690. The van der Waals surface area contributed by atoms with Crippen molar-refractivity contribution in [1.29, 1.82) is 0 Å². The molecule has 0 amide bonds. The van der Waals surface area contributed by atoms with E-state index in [1.54, 1.807) is 19.4 Å². The minimum Gasteiger partial charge on any atom is -0.481 e. The largest absolute Gasteiger partial charge is 0.481 e. The second-order valence-electron chi connectivity index (χ2n) is 21.5. The fraction of sp³-hybridized carbons (Fsp3) is 0.771. The summed E-state index contributed by atoms with van der Waals surface area (Å²) in [7, 11) is 0. The Morgan fingerprint density at radius 3 is 2.34 bits per heavy atom. The molecule has 0 bridgehead atoms. The normalized spacial score (nSPS) is 36.6. The lowest BCUT2D eigenvalue weighted by atomic mass is 9.36. The molecule has 8 heteroatoms. The number of hydrogen-bond acceptors (Lipinski definition) is 6. The van der Waals surface area contributed by atoms with Crippen molar-refractivity contribution >= 4 is 29.3 Å². The third-order valence-corrected chi connectivity index (χ3v) is 17.2. The molecule has 7 rings (SSSR count). The zero-order chi connectivity index (χ0) is 40.4. The molecule has 2 N–H and O–H groups in total. The number of carboxylic acid groups (broad SMARTS) is 1. The Morgan fingerprint density at radius 1 is 0.964 bits per heavy atom. The Kier molecular flexibility index (Phi) is 11.5. The van der Waals surface area contributed by atoms with E-state index in [1.165, 1.54) is 43.2 Å². The van der Waals surface area contributed by atoms with Gasteiger partial charge in [0.15, 0.2) is 5.78 Å². The number of carbonyl (C=O) groups is 3. The van der Waals surface area contributed by atoms with Gasteiger partial charge in [-0.3, -0.25) is 19.3 Å². The summed E-state index contributed by atoms with van der Waals surface area (Å²) < 4.78 is 6.20. The summed E-state index contributed by atoms with van der Waals surface area (Å²) >= 11 is 6.28. The molecule has 1 aromatic rings. The van der Waals surface area contributed by atoms with Crippen molar-refractivity contribution < 1.29 is 24.2 Å². The molecule has 5 aliphatic carbocycles. The van der Waals surface area contributed by atoms with Crippen molar-refractivity contribution in [2.24, 2.45) is 56.7 Å². The van der Waals surface area contributed by atoms with Gasteiger partial charge in [-0.1, -0.05) is 70.8 Å². The monoisotopic (exact) mass is 791 g/mol. The molecule has 0 aromatic heterocycles. The molecule has 1 aromatic carbocycles. The first-order chi connectivity index (χ1) is 26.3. The summed E-state index contributed by atoms with van der Waals surface area (Å²) in [4.78, 5) is 41.8. The second-order valence-corrected chi connectivity index (χ2v) is 21.9. The number of benzene rings is 1. The Hall–Kier alpha value is -2.22. The van der Waals surface area contributed by atoms with Gasteiger partial charge in [0.1, 0.15) is 6.10 Å². The zero-order valence-electron chi connectivity index (χ0n) is 35.8. The number of esters is 1. The predicted molar refractivity (Wildman–Crippen MR) is 223 cm³/mol. The topological polar surface area (TPSA) is 95.9 Å². The minimum absolute atomic E-state index is 0.0391. The van der Waals surface area contributed by atoms with Crippen molar-refractivity contribution in [3.05, 3.63) is 46.0 Å². The number of Topliss-reactive ketones (excluding diaryl/α,β-unsaturated/α-hetero) is 1. The molecule has 1 aliphatic heterocycles. The number of carbonyl (C=O) groups excluding carboxylic acids is 2. The van der Waals surface area contributed by atoms with Crippen LogP contribution in [0, 0.1) is 56.7 Å². The first-order valence-corrected chi connectivity index (χ1v) is 22.6. The van der Waals surface area contributed by atoms with E-state index in [0.717, 1.165) is 69.7 Å². The maximum Gasteiger partial charge on any atom is 0.309 e. The van der Waals surface area contributed by atoms with Gasteiger partial charge in [-0.25, -0.2) is 0 Å². The van der Waals surface area contributed by atoms with E-state index < -0.39 is 17.4 Å². The van der Waals surface area contributed by atoms with Gasteiger partial charge in [-0.05, 0) is 161 Å². The number of ketones is 1. The van der Waals surface area contributed by atoms with Gasteiger partial charge >= 0.3 is 11.9 Å². The molecule has 56 heavy (non-hydrogen) atoms. The first-order valence-electron chi connectivity index (χ1n) is 22.2. The molecule has 5 fully saturated rings. The molecule has 9 atom stereocenters. The van der Waals surface area contributed by atoms with Gasteiger partial charge < -0.3 is 15.2 Å². The second kappa shape index (κ2) is 15.4. The maximum atomic E-state index is 14.2. The fourth-order valence-electron chi connectivity index (χ4n) is 14.2. The maximum absolute atomic E-state index is 14.2. The highest BCUT2D eigenvalue weighted by atomic mass is 35.5. The van der Waals surface area contributed by atoms with Crippen molar-refractivity contribution in [3.8, 4) is 0 Å². The van der Waals surface area contributed by atoms with Crippen LogP contribution < -0.4 is 5.32 Å². The zero-order valence-corrected chi connectivity index (χ0v) is 36.5. The van der Waals surface area contributed by atoms with Gasteiger partial charge in [-0.15, -0.1) is 0 Å². The molecular formula is C48H71ClN2O5. The van der Waals surface area contributed by atoms with Crippen LogP contribution in [0.4, 0.5) is 0 Å². The molecule has 4 saturated carbocycles. The van der Waals surface area contributed by atoms with Crippen LogP contribution in [-0.2, 0) is 25.7 Å². The summed E-state index contributed by atoms with van der Waals surface area (Å²) in [5.74, 6) is 1.34. The molecule has 1 saturated heterocycles. The summed E-state index contributed by atoms with van der Waals surface area (Å²) in [5.41, 5.74) is 2.99.